The fraction of sp³-hybridized carbons (Fsp3) is 0.278. The molecule has 2 N–H and O–H groups in total. The third-order valence-corrected chi connectivity index (χ3v) is 4.85. The van der Waals surface area contributed by atoms with Crippen molar-refractivity contribution in [2.75, 3.05) is 5.43 Å². The van der Waals surface area contributed by atoms with Gasteiger partial charge in [0.25, 0.3) is 0 Å². The smallest absolute Gasteiger partial charge is 0.356 e. The highest BCUT2D eigenvalue weighted by molar-refractivity contribution is 6.46. The first-order chi connectivity index (χ1) is 12.0. The minimum atomic E-state index is -1.31. The molecule has 0 aliphatic carbocycles. The van der Waals surface area contributed by atoms with Gasteiger partial charge in [-0.1, -0.05) is 79.8 Å². The molecule has 138 valence electrons. The van der Waals surface area contributed by atoms with Crippen molar-refractivity contribution < 1.29 is 9.90 Å². The summed E-state index contributed by atoms with van der Waals surface area (Å²) in [7, 11) is 0. The molecule has 1 heterocycles. The predicted octanol–water partition coefficient (Wildman–Crippen LogP) is 5.87. The summed E-state index contributed by atoms with van der Waals surface area (Å²) in [5.41, 5.74) is 5.23. The van der Waals surface area contributed by atoms with Crippen molar-refractivity contribution in [1.82, 2.24) is 4.98 Å². The van der Waals surface area contributed by atoms with Crippen LogP contribution in [0.2, 0.25) is 15.2 Å². The highest BCUT2D eigenvalue weighted by atomic mass is 35.5. The number of aromatic nitrogens is 1. The van der Waals surface area contributed by atoms with Gasteiger partial charge in [-0.2, -0.15) is 5.10 Å². The first-order valence-electron chi connectivity index (χ1n) is 7.71. The molecule has 0 aliphatic rings. The van der Waals surface area contributed by atoms with Gasteiger partial charge in [-0.05, 0) is 23.5 Å². The molecular formula is C18H18Cl3N3O2. The van der Waals surface area contributed by atoms with Crippen LogP contribution in [0.3, 0.4) is 0 Å². The van der Waals surface area contributed by atoms with Gasteiger partial charge in [-0.25, -0.2) is 9.78 Å². The topological polar surface area (TPSA) is 74.6 Å². The molecule has 0 saturated heterocycles. The standard InChI is InChI=1S/C18H18Cl3N3O2/c1-9(10-5-7-11(8-6-10)18(2,3)4)23-24-14-12(19)15(17(25)26)22-16(21)13(14)20/h5-8H,1-4H3,(H,22,24)(H,25,26). The lowest BCUT2D eigenvalue weighted by Crippen LogP contribution is -2.11. The summed E-state index contributed by atoms with van der Waals surface area (Å²) in [6, 6.07) is 8.01. The van der Waals surface area contributed by atoms with Crippen LogP contribution < -0.4 is 5.43 Å². The zero-order valence-electron chi connectivity index (χ0n) is 14.7. The van der Waals surface area contributed by atoms with Crippen LogP contribution in [0.4, 0.5) is 5.69 Å². The van der Waals surface area contributed by atoms with Crippen molar-refractivity contribution in [2.24, 2.45) is 5.10 Å². The summed E-state index contributed by atoms with van der Waals surface area (Å²) in [5, 5.41) is 13.1. The minimum absolute atomic E-state index is 0.00120. The lowest BCUT2D eigenvalue weighted by molar-refractivity contribution is 0.0691. The number of hydrogen-bond acceptors (Lipinski definition) is 4. The van der Waals surface area contributed by atoms with Crippen molar-refractivity contribution in [3.8, 4) is 0 Å². The molecule has 0 radical (unpaired) electrons. The Kier molecular flexibility index (Phi) is 6.17. The minimum Gasteiger partial charge on any atom is -0.476 e. The van der Waals surface area contributed by atoms with E-state index in [9.17, 15) is 4.79 Å². The first-order valence-corrected chi connectivity index (χ1v) is 8.84. The number of carbonyl (C=O) groups is 1. The lowest BCUT2D eigenvalue weighted by atomic mass is 9.86. The Labute approximate surface area is 167 Å². The highest BCUT2D eigenvalue weighted by Gasteiger charge is 2.21. The quantitative estimate of drug-likeness (QED) is 0.372. The van der Waals surface area contributed by atoms with Crippen LogP contribution >= 0.6 is 34.8 Å². The number of hydrazone groups is 1. The number of nitrogens with zero attached hydrogens (tertiary/aromatic N) is 2. The normalized spacial score (nSPS) is 12.2. The summed E-state index contributed by atoms with van der Waals surface area (Å²) in [5.74, 6) is -1.31. The van der Waals surface area contributed by atoms with Crippen LogP contribution in [0.1, 0.15) is 49.3 Å². The Morgan fingerprint density at radius 2 is 1.69 bits per heavy atom. The van der Waals surface area contributed by atoms with Crippen LogP contribution in [0.15, 0.2) is 29.4 Å². The van der Waals surface area contributed by atoms with Crippen molar-refractivity contribution in [3.05, 3.63) is 56.3 Å². The summed E-state index contributed by atoms with van der Waals surface area (Å²) >= 11 is 18.0. The van der Waals surface area contributed by atoms with E-state index in [4.69, 9.17) is 39.9 Å². The maximum absolute atomic E-state index is 11.2. The van der Waals surface area contributed by atoms with Crippen LogP contribution in [0, 0.1) is 0 Å². The molecule has 0 saturated carbocycles. The SMILES string of the molecule is CC(=NNc1c(Cl)c(Cl)nc(C(=O)O)c1Cl)c1ccc(C(C)(C)C)cc1. The lowest BCUT2D eigenvalue weighted by Gasteiger charge is -2.19. The zero-order chi connectivity index (χ0) is 19.6. The van der Waals surface area contributed by atoms with E-state index in [2.05, 4.69) is 36.3 Å². The van der Waals surface area contributed by atoms with Gasteiger partial charge >= 0.3 is 5.97 Å². The highest BCUT2D eigenvalue weighted by Crippen LogP contribution is 2.37. The third-order valence-electron chi connectivity index (χ3n) is 3.74. The van der Waals surface area contributed by atoms with Gasteiger partial charge in [0.05, 0.1) is 11.4 Å². The second kappa shape index (κ2) is 7.82. The molecule has 1 aromatic heterocycles. The molecule has 5 nitrogen and oxygen atoms in total. The number of carboxylic acid groups (broad SMARTS) is 1. The molecule has 0 aliphatic heterocycles. The predicted molar refractivity (Wildman–Crippen MR) is 107 cm³/mol. The average Bonchev–Trinajstić information content (AvgIpc) is 2.57. The second-order valence-electron chi connectivity index (χ2n) is 6.70. The van der Waals surface area contributed by atoms with Gasteiger partial charge in [0.2, 0.25) is 0 Å². The molecule has 0 atom stereocenters. The van der Waals surface area contributed by atoms with Crippen molar-refractivity contribution in [3.63, 3.8) is 0 Å². The van der Waals surface area contributed by atoms with E-state index in [0.29, 0.717) is 5.71 Å². The Morgan fingerprint density at radius 1 is 1.12 bits per heavy atom. The number of pyridine rings is 1. The summed E-state index contributed by atoms with van der Waals surface area (Å²) in [6.45, 7) is 8.23. The van der Waals surface area contributed by atoms with E-state index < -0.39 is 11.7 Å². The molecule has 0 bridgehead atoms. The van der Waals surface area contributed by atoms with Gasteiger partial charge in [-0.15, -0.1) is 0 Å². The Bertz CT molecular complexity index is 873. The van der Waals surface area contributed by atoms with Crippen molar-refractivity contribution >= 4 is 52.2 Å². The van der Waals surface area contributed by atoms with Crippen LogP contribution in [0.5, 0.6) is 0 Å². The first kappa shape index (κ1) is 20.5. The van der Waals surface area contributed by atoms with Crippen molar-refractivity contribution in [1.29, 1.82) is 0 Å². The maximum atomic E-state index is 11.2. The van der Waals surface area contributed by atoms with E-state index in [1.165, 1.54) is 5.56 Å². The Morgan fingerprint density at radius 3 is 2.19 bits per heavy atom. The summed E-state index contributed by atoms with van der Waals surface area (Å²) in [6.07, 6.45) is 0. The molecule has 8 heteroatoms. The maximum Gasteiger partial charge on any atom is 0.356 e. The van der Waals surface area contributed by atoms with Crippen molar-refractivity contribution in [2.45, 2.75) is 33.1 Å². The summed E-state index contributed by atoms with van der Waals surface area (Å²) < 4.78 is 0. The van der Waals surface area contributed by atoms with Gasteiger partial charge in [0.1, 0.15) is 10.0 Å². The number of anilines is 1. The average molecular weight is 415 g/mol. The molecule has 0 spiro atoms. The van der Waals surface area contributed by atoms with Crippen LogP contribution in [0.25, 0.3) is 0 Å². The largest absolute Gasteiger partial charge is 0.476 e. The Balaban J connectivity index is 2.33. The van der Waals surface area contributed by atoms with Gasteiger partial charge in [0.15, 0.2) is 10.8 Å². The molecule has 26 heavy (non-hydrogen) atoms. The fourth-order valence-electron chi connectivity index (χ4n) is 2.17. The molecule has 2 rings (SSSR count). The van der Waals surface area contributed by atoms with E-state index in [0.717, 1.165) is 5.56 Å². The molecule has 2 aromatic rings. The van der Waals surface area contributed by atoms with E-state index in [-0.39, 0.29) is 26.3 Å². The number of halogens is 3. The number of hydrogen-bond donors (Lipinski definition) is 2. The fourth-order valence-corrected chi connectivity index (χ4v) is 2.84. The number of benzene rings is 1. The molecule has 1 aromatic carbocycles. The van der Waals surface area contributed by atoms with Gasteiger partial charge in [-0.3, -0.25) is 5.43 Å². The number of nitrogens with one attached hydrogen (secondary N) is 1. The molecule has 0 fully saturated rings. The Hall–Kier alpha value is -1.82. The summed E-state index contributed by atoms with van der Waals surface area (Å²) in [4.78, 5) is 14.9. The second-order valence-corrected chi connectivity index (χ2v) is 7.81. The number of aromatic carboxylic acids is 1. The van der Waals surface area contributed by atoms with E-state index in [1.54, 1.807) is 0 Å². The molecule has 0 amide bonds. The van der Waals surface area contributed by atoms with Gasteiger partial charge in [0, 0.05) is 0 Å². The zero-order valence-corrected chi connectivity index (χ0v) is 17.0. The van der Waals surface area contributed by atoms with Crippen LogP contribution in [-0.2, 0) is 5.41 Å². The monoisotopic (exact) mass is 413 g/mol. The molecule has 0 unspecified atom stereocenters. The van der Waals surface area contributed by atoms with E-state index in [1.807, 2.05) is 31.2 Å². The van der Waals surface area contributed by atoms with E-state index >= 15 is 0 Å². The third kappa shape index (κ3) is 4.47. The molecular weight excluding hydrogens is 397 g/mol. The number of rotatable bonds is 4. The van der Waals surface area contributed by atoms with Gasteiger partial charge < -0.3 is 5.11 Å². The van der Waals surface area contributed by atoms with Crippen LogP contribution in [-0.4, -0.2) is 21.8 Å². The number of carboxylic acids is 1.